The van der Waals surface area contributed by atoms with Crippen LogP contribution in [0.4, 0.5) is 0 Å². The molecule has 0 radical (unpaired) electrons. The van der Waals surface area contributed by atoms with Gasteiger partial charge >= 0.3 is 17.9 Å². The van der Waals surface area contributed by atoms with Crippen molar-refractivity contribution in [2.45, 2.75) is 304 Å². The molecule has 12 rings (SSSR count). The first-order chi connectivity index (χ1) is 53.7. The van der Waals surface area contributed by atoms with Crippen molar-refractivity contribution in [3.63, 3.8) is 0 Å². The molecule has 6 heterocycles. The number of fused-ring (bicyclic) bond motifs is 7. The molecule has 10 fully saturated rings. The minimum absolute atomic E-state index is 0.0367. The van der Waals surface area contributed by atoms with Crippen LogP contribution in [0.15, 0.2) is 29.9 Å². The van der Waals surface area contributed by atoms with Crippen molar-refractivity contribution < 1.29 is 182 Å². The molecule has 1 aromatic carbocycles. The predicted octanol–water partition coefficient (Wildman–Crippen LogP) is -3.37. The van der Waals surface area contributed by atoms with E-state index in [9.17, 15) is 102 Å². The smallest absolute Gasteiger partial charge is 0.331 e. The highest BCUT2D eigenvalue weighted by Crippen LogP contribution is 2.76. The van der Waals surface area contributed by atoms with Crippen molar-refractivity contribution in [2.24, 2.45) is 50.2 Å². The minimum atomic E-state index is -2.21. The van der Waals surface area contributed by atoms with E-state index < -0.39 is 285 Å². The van der Waals surface area contributed by atoms with E-state index in [0.29, 0.717) is 24.8 Å². The average molecular weight is 1630 g/mol. The SMILES string of the molecule is COc1cc(C=CC(=O)O[C@@H]2[C@H](O[C@@H]3O[C@@H](C)[C@H](O)[C@@H](O)[C@H]3O)[C@@H](O[C@@H]3O[C@@H](C)[C@H](O[C@@H]4OC[C@@H](O[C@@H]5O[C@H](CO)[C@H](O)[C@H](O)[C@H]5O)[C@H](O)[C@H]4O)[C@@H](O)[C@H]3O)[C@H](OC(=O)[C@]34CCC(C)(C)C[C@H]3C3=CC[C@@H]5[C@@]6(C)C[C@H](O)[C@H](O[C@@H]7O[C@H](CO)[C@@H](O)[C@H](O)[C@H]7O)[C@@](C)(C(=O)O)[C@@H]6CC[C@@]5(C)[C@]3(CO)CC4)O[C@@H]2C)cc(OC)c1OC. The molecule has 39 atom stereocenters. The molecule has 4 saturated carbocycles. The number of benzene rings is 1. The van der Waals surface area contributed by atoms with E-state index in [0.717, 1.165) is 11.6 Å². The highest BCUT2D eigenvalue weighted by atomic mass is 16.8. The third-order valence-electron chi connectivity index (χ3n) is 27.5. The van der Waals surface area contributed by atoms with Gasteiger partial charge in [0.15, 0.2) is 55.2 Å². The Morgan fingerprint density at radius 1 is 0.518 bits per heavy atom. The van der Waals surface area contributed by atoms with Crippen LogP contribution in [0.2, 0.25) is 0 Å². The fourth-order valence-electron chi connectivity index (χ4n) is 20.9. The van der Waals surface area contributed by atoms with E-state index >= 15 is 4.79 Å². The van der Waals surface area contributed by atoms with E-state index in [4.69, 9.17) is 75.8 Å². The molecule has 646 valence electrons. The van der Waals surface area contributed by atoms with Gasteiger partial charge < -0.3 is 168 Å². The van der Waals surface area contributed by atoms with Gasteiger partial charge in [-0.1, -0.05) is 39.3 Å². The molecule has 0 spiro atoms. The first-order valence-corrected chi connectivity index (χ1v) is 39.1. The number of hydrogen-bond acceptors (Lipinski definition) is 36. The summed E-state index contributed by atoms with van der Waals surface area (Å²) in [4.78, 5) is 45.0. The fraction of sp³-hybridized carbons (Fsp3) is 0.831. The number of hydrogen-bond donors (Lipinski definition) is 18. The van der Waals surface area contributed by atoms with Crippen LogP contribution in [0, 0.1) is 50.2 Å². The van der Waals surface area contributed by atoms with Gasteiger partial charge in [-0.2, -0.15) is 0 Å². The molecule has 1 aromatic rings. The van der Waals surface area contributed by atoms with Gasteiger partial charge in [0.05, 0.1) is 83.0 Å². The summed E-state index contributed by atoms with van der Waals surface area (Å²) in [6.45, 7) is 11.1. The zero-order chi connectivity index (χ0) is 83.3. The molecule has 5 aliphatic carbocycles. The average Bonchev–Trinajstić information content (AvgIpc) is 0.668. The standard InChI is InChI=1S/C77H116O37/c1-30-45(83)49(87)54(92)65(103-30)111-61-59(109-44(82)15-12-33-22-37(99-9)60(101-11)38(23-33)100-10)32(3)105-69(62(61)112-66-57(95)52(90)58(31(2)104-66)110-64-53(91)48(86)41(28-102-64)108-67-55(93)50(88)46(84)39(26-78)106-67)114-71(98)76-19-18-72(4,5)24-35(76)34-13-14-42-73(6)25-36(81)63(113-68-56(94)51(89)47(85)40(27-79)107-68)75(8,70(96)97)43(73)16-17-74(42,7)77(34,29-80)21-20-76/h12-13,15,22-23,30-32,35-36,39-43,45-59,61-69,78-81,83-95H,14,16-21,24-29H2,1-11H3,(H,96,97)/t30-,31-,32+,35-,36-,39+,40+,41+,42+,43+,45-,46-,47+,48-,49+,50-,51-,52-,53+,54+,55+,56+,57+,58-,59-,61-,62+,63-,64-,65-,66-,67-,68-,69-,73+,74+,75-,76-,77-/m0/s1. The first-order valence-electron chi connectivity index (χ1n) is 39.1. The van der Waals surface area contributed by atoms with Gasteiger partial charge in [0.2, 0.25) is 12.0 Å². The zero-order valence-electron chi connectivity index (χ0n) is 65.5. The Kier molecular flexibility index (Phi) is 26.5. The molecule has 0 amide bonds. The monoisotopic (exact) mass is 1630 g/mol. The second kappa shape index (κ2) is 34.1. The number of ether oxygens (including phenoxy) is 16. The second-order valence-corrected chi connectivity index (χ2v) is 34.4. The molecule has 37 heteroatoms. The van der Waals surface area contributed by atoms with Crippen molar-refractivity contribution in [1.29, 1.82) is 0 Å². The van der Waals surface area contributed by atoms with Crippen LogP contribution >= 0.6 is 0 Å². The number of carbonyl (C=O) groups excluding carboxylic acids is 2. The molecule has 0 unspecified atom stereocenters. The Labute approximate surface area is 657 Å². The summed E-state index contributed by atoms with van der Waals surface area (Å²) in [7, 11) is 4.19. The van der Waals surface area contributed by atoms with Gasteiger partial charge in [0.1, 0.15) is 116 Å². The fourth-order valence-corrected chi connectivity index (χ4v) is 20.9. The summed E-state index contributed by atoms with van der Waals surface area (Å²) < 4.78 is 96.8. The third kappa shape index (κ3) is 15.5. The number of carbonyl (C=O) groups is 3. The van der Waals surface area contributed by atoms with Gasteiger partial charge in [-0.15, -0.1) is 0 Å². The van der Waals surface area contributed by atoms with Crippen LogP contribution in [0.5, 0.6) is 17.2 Å². The third-order valence-corrected chi connectivity index (χ3v) is 27.5. The Morgan fingerprint density at radius 2 is 1.04 bits per heavy atom. The van der Waals surface area contributed by atoms with Crippen LogP contribution in [-0.4, -0.2) is 348 Å². The van der Waals surface area contributed by atoms with Crippen LogP contribution in [0.25, 0.3) is 6.08 Å². The van der Waals surface area contributed by atoms with Gasteiger partial charge in [-0.3, -0.25) is 9.59 Å². The lowest BCUT2D eigenvalue weighted by Crippen LogP contribution is -2.71. The number of aliphatic hydroxyl groups excluding tert-OH is 17. The first kappa shape index (κ1) is 88.7. The molecule has 37 nitrogen and oxygen atoms in total. The molecule has 6 saturated heterocycles. The van der Waals surface area contributed by atoms with Crippen molar-refractivity contribution >= 4 is 24.0 Å². The molecule has 114 heavy (non-hydrogen) atoms. The van der Waals surface area contributed by atoms with E-state index in [1.807, 2.05) is 13.0 Å². The lowest BCUT2D eigenvalue weighted by Gasteiger charge is -2.71. The summed E-state index contributed by atoms with van der Waals surface area (Å²) in [6.07, 6.45) is -48.4. The Morgan fingerprint density at radius 3 is 1.62 bits per heavy atom. The predicted molar refractivity (Wildman–Crippen MR) is 382 cm³/mol. The largest absolute Gasteiger partial charge is 0.493 e. The lowest BCUT2D eigenvalue weighted by atomic mass is 9.33. The van der Waals surface area contributed by atoms with E-state index in [2.05, 4.69) is 20.8 Å². The highest BCUT2D eigenvalue weighted by Gasteiger charge is 2.74. The zero-order valence-corrected chi connectivity index (χ0v) is 65.5. The number of aliphatic carboxylic acids is 1. The van der Waals surface area contributed by atoms with Crippen molar-refractivity contribution in [1.82, 2.24) is 0 Å². The van der Waals surface area contributed by atoms with Crippen molar-refractivity contribution in [3.05, 3.63) is 35.4 Å². The summed E-state index contributed by atoms with van der Waals surface area (Å²) in [5.41, 5.74) is -5.68. The van der Waals surface area contributed by atoms with Crippen LogP contribution in [0.3, 0.4) is 0 Å². The van der Waals surface area contributed by atoms with Gasteiger partial charge in [-0.05, 0) is 143 Å². The topological polar surface area (TPSA) is 563 Å². The second-order valence-electron chi connectivity index (χ2n) is 34.4. The van der Waals surface area contributed by atoms with Gasteiger partial charge in [-0.25, -0.2) is 4.79 Å². The Bertz CT molecular complexity index is 3560. The molecule has 0 aromatic heterocycles. The Balaban J connectivity index is 0.869. The quantitative estimate of drug-likeness (QED) is 0.0233. The molecule has 11 aliphatic rings. The lowest BCUT2D eigenvalue weighted by molar-refractivity contribution is -0.392. The van der Waals surface area contributed by atoms with Crippen molar-refractivity contribution in [3.8, 4) is 17.2 Å². The molecular weight excluding hydrogens is 1520 g/mol. The molecule has 0 bridgehead atoms. The summed E-state index contributed by atoms with van der Waals surface area (Å²) in [5.74, 6) is -4.41. The highest BCUT2D eigenvalue weighted by molar-refractivity contribution is 5.87. The van der Waals surface area contributed by atoms with Crippen molar-refractivity contribution in [2.75, 3.05) is 47.8 Å². The number of carboxylic acid groups (broad SMARTS) is 1. The van der Waals surface area contributed by atoms with E-state index in [1.165, 1.54) is 55.1 Å². The maximum atomic E-state index is 16.5. The number of methoxy groups -OCH3 is 3. The normalized spacial score (nSPS) is 48.8. The van der Waals surface area contributed by atoms with Gasteiger partial charge in [0, 0.05) is 11.5 Å². The van der Waals surface area contributed by atoms with Crippen LogP contribution in [0.1, 0.15) is 119 Å². The summed E-state index contributed by atoms with van der Waals surface area (Å²) in [5, 5.41) is 201. The summed E-state index contributed by atoms with van der Waals surface area (Å²) in [6, 6.07) is 3.08. The van der Waals surface area contributed by atoms with Crippen LogP contribution < -0.4 is 14.2 Å². The number of aliphatic hydroxyl groups is 17. The number of carboxylic acids is 1. The Hall–Kier alpha value is -4.61. The molecule has 6 aliphatic heterocycles. The summed E-state index contributed by atoms with van der Waals surface area (Å²) >= 11 is 0. The number of esters is 2. The maximum absolute atomic E-state index is 16.5. The van der Waals surface area contributed by atoms with Crippen LogP contribution in [-0.2, 0) is 76.0 Å². The maximum Gasteiger partial charge on any atom is 0.331 e. The minimum Gasteiger partial charge on any atom is -0.493 e. The number of rotatable bonds is 22. The molecule has 18 N–H and O–H groups in total. The van der Waals surface area contributed by atoms with E-state index in [-0.39, 0.29) is 55.8 Å². The number of allylic oxidation sites excluding steroid dienone is 1. The molecular formula is C77H116O37. The van der Waals surface area contributed by atoms with Gasteiger partial charge in [0.25, 0.3) is 0 Å². The van der Waals surface area contributed by atoms with E-state index in [1.54, 1.807) is 12.1 Å².